The van der Waals surface area contributed by atoms with E-state index in [0.717, 1.165) is 16.7 Å². The van der Waals surface area contributed by atoms with Crippen molar-refractivity contribution >= 4 is 29.6 Å². The van der Waals surface area contributed by atoms with Crippen molar-refractivity contribution in [1.29, 1.82) is 0 Å². The second-order valence-corrected chi connectivity index (χ2v) is 10.8. The van der Waals surface area contributed by atoms with Gasteiger partial charge >= 0.3 is 12.1 Å². The van der Waals surface area contributed by atoms with E-state index in [1.54, 1.807) is 46.3 Å². The highest BCUT2D eigenvalue weighted by Gasteiger charge is 2.51. The molecule has 2 heterocycles. The molecule has 3 N–H and O–H groups in total. The van der Waals surface area contributed by atoms with Gasteiger partial charge in [0.25, 0.3) is 0 Å². The van der Waals surface area contributed by atoms with Gasteiger partial charge in [-0.2, -0.15) is 0 Å². The summed E-state index contributed by atoms with van der Waals surface area (Å²) in [5.41, 5.74) is 2.90. The number of methoxy groups -OCH3 is 1. The van der Waals surface area contributed by atoms with Crippen LogP contribution in [0.3, 0.4) is 0 Å². The number of rotatable bonds is 9. The number of aromatic hydroxyl groups is 1. The van der Waals surface area contributed by atoms with Gasteiger partial charge in [-0.05, 0) is 41.0 Å². The van der Waals surface area contributed by atoms with Crippen molar-refractivity contribution in [3.8, 4) is 5.75 Å². The predicted octanol–water partition coefficient (Wildman–Crippen LogP) is 3.31. The average molecular weight is 613 g/mol. The van der Waals surface area contributed by atoms with Crippen LogP contribution < -0.4 is 10.6 Å². The van der Waals surface area contributed by atoms with Crippen molar-refractivity contribution in [3.05, 3.63) is 108 Å². The number of fused-ring (bicyclic) bond motifs is 1. The van der Waals surface area contributed by atoms with Crippen molar-refractivity contribution < 1.29 is 29.0 Å². The number of phenols is 1. The number of hydrazine groups is 1. The lowest BCUT2D eigenvalue weighted by molar-refractivity contribution is -0.189. The van der Waals surface area contributed by atoms with Crippen molar-refractivity contribution in [3.63, 3.8) is 0 Å². The minimum atomic E-state index is -0.910. The summed E-state index contributed by atoms with van der Waals surface area (Å²) in [4.78, 5) is 56.7. The number of nitrogens with one attached hydrogen (secondary N) is 2. The summed E-state index contributed by atoms with van der Waals surface area (Å²) in [7, 11) is 1.27. The summed E-state index contributed by atoms with van der Waals surface area (Å²) in [6.07, 6.45) is 0.381. The quantitative estimate of drug-likeness (QED) is 0.316. The minimum absolute atomic E-state index is 0.0533. The van der Waals surface area contributed by atoms with Crippen LogP contribution >= 0.6 is 0 Å². The fourth-order valence-corrected chi connectivity index (χ4v) is 5.69. The molecule has 0 radical (unpaired) electrons. The smallest absolute Gasteiger partial charge is 0.411 e. The van der Waals surface area contributed by atoms with Crippen LogP contribution in [0.15, 0.2) is 91.5 Å². The lowest BCUT2D eigenvalue weighted by Gasteiger charge is -2.55. The first kappa shape index (κ1) is 31.1. The van der Waals surface area contributed by atoms with Gasteiger partial charge in [0.2, 0.25) is 11.8 Å². The molecule has 0 aromatic heterocycles. The van der Waals surface area contributed by atoms with Crippen molar-refractivity contribution in [1.82, 2.24) is 25.1 Å². The third-order valence-electron chi connectivity index (χ3n) is 7.76. The van der Waals surface area contributed by atoms with E-state index in [2.05, 4.69) is 17.2 Å². The second-order valence-electron chi connectivity index (χ2n) is 10.8. The highest BCUT2D eigenvalue weighted by molar-refractivity contribution is 5.92. The number of piperazine rings is 1. The maximum Gasteiger partial charge on any atom is 0.411 e. The highest BCUT2D eigenvalue weighted by atomic mass is 16.5. The zero-order chi connectivity index (χ0) is 31.9. The molecular weight excluding hydrogens is 576 g/mol. The Bertz CT molecular complexity index is 1550. The van der Waals surface area contributed by atoms with Crippen molar-refractivity contribution in [2.24, 2.45) is 0 Å². The SMILES string of the molecule is C=CCN1CC(=O)N2[C@@H](Cc3ccc(O)cc3)C(=O)N(Cc3cccc(NC(=O)OC)c3)C[C@@H]2N1C(=O)NCc1ccccc1. The molecule has 0 bridgehead atoms. The van der Waals surface area contributed by atoms with Crippen LogP contribution in [0.25, 0.3) is 0 Å². The summed E-state index contributed by atoms with van der Waals surface area (Å²) in [5, 5.41) is 18.6. The van der Waals surface area contributed by atoms with Crippen molar-refractivity contribution in [2.75, 3.05) is 32.1 Å². The number of nitrogens with zero attached hydrogens (tertiary/aromatic N) is 4. The Morgan fingerprint density at radius 1 is 1.00 bits per heavy atom. The molecule has 12 nitrogen and oxygen atoms in total. The van der Waals surface area contributed by atoms with Gasteiger partial charge in [-0.3, -0.25) is 14.9 Å². The number of carbonyl (C=O) groups is 4. The van der Waals surface area contributed by atoms with E-state index < -0.39 is 24.3 Å². The minimum Gasteiger partial charge on any atom is -0.508 e. The number of ether oxygens (including phenoxy) is 1. The number of anilines is 1. The van der Waals surface area contributed by atoms with E-state index in [-0.39, 0.29) is 56.7 Å². The topological polar surface area (TPSA) is 135 Å². The zero-order valence-electron chi connectivity index (χ0n) is 25.0. The second kappa shape index (κ2) is 14.0. The number of urea groups is 1. The molecule has 2 fully saturated rings. The fourth-order valence-electron chi connectivity index (χ4n) is 5.69. The van der Waals surface area contributed by atoms with Crippen LogP contribution in [0, 0.1) is 0 Å². The van der Waals surface area contributed by atoms with Crippen LogP contribution in [0.2, 0.25) is 0 Å². The molecule has 5 amide bonds. The first-order valence-electron chi connectivity index (χ1n) is 14.6. The van der Waals surface area contributed by atoms with Gasteiger partial charge in [-0.25, -0.2) is 19.6 Å². The fraction of sp³-hybridized carbons (Fsp3) is 0.273. The molecule has 0 unspecified atom stereocenters. The van der Waals surface area contributed by atoms with E-state index in [9.17, 15) is 24.3 Å². The molecule has 2 aliphatic heterocycles. The van der Waals surface area contributed by atoms with Gasteiger partial charge in [-0.15, -0.1) is 6.58 Å². The molecular formula is C33H36N6O6. The molecule has 0 aliphatic carbocycles. The monoisotopic (exact) mass is 612 g/mol. The predicted molar refractivity (Wildman–Crippen MR) is 166 cm³/mol. The Morgan fingerprint density at radius 2 is 1.73 bits per heavy atom. The molecule has 2 saturated heterocycles. The average Bonchev–Trinajstić information content (AvgIpc) is 3.03. The number of carbonyl (C=O) groups excluding carboxylic acids is 4. The zero-order valence-corrected chi connectivity index (χ0v) is 25.0. The van der Waals surface area contributed by atoms with E-state index in [0.29, 0.717) is 5.69 Å². The Morgan fingerprint density at radius 3 is 2.44 bits per heavy atom. The molecule has 3 aromatic rings. The van der Waals surface area contributed by atoms with E-state index in [4.69, 9.17) is 4.74 Å². The van der Waals surface area contributed by atoms with Crippen LogP contribution in [-0.2, 0) is 33.8 Å². The van der Waals surface area contributed by atoms with Gasteiger partial charge in [0.15, 0.2) is 0 Å². The van der Waals surface area contributed by atoms with Crippen LogP contribution in [0.4, 0.5) is 15.3 Å². The lowest BCUT2D eigenvalue weighted by Crippen LogP contribution is -2.76. The van der Waals surface area contributed by atoms with Gasteiger partial charge in [-0.1, -0.05) is 60.7 Å². The van der Waals surface area contributed by atoms with Gasteiger partial charge < -0.3 is 25.0 Å². The molecule has 3 aromatic carbocycles. The number of hydrogen-bond donors (Lipinski definition) is 3. The largest absolute Gasteiger partial charge is 0.508 e. The molecule has 234 valence electrons. The van der Waals surface area contributed by atoms with E-state index in [1.807, 2.05) is 36.4 Å². The Hall–Kier alpha value is -5.36. The van der Waals surface area contributed by atoms with E-state index >= 15 is 0 Å². The van der Waals surface area contributed by atoms with Crippen LogP contribution in [0.5, 0.6) is 5.75 Å². The van der Waals surface area contributed by atoms with Crippen molar-refractivity contribution in [2.45, 2.75) is 31.7 Å². The molecule has 5 rings (SSSR count). The van der Waals surface area contributed by atoms with Gasteiger partial charge in [0.05, 0.1) is 20.2 Å². The third kappa shape index (κ3) is 7.24. The van der Waals surface area contributed by atoms with E-state index in [1.165, 1.54) is 29.2 Å². The first-order valence-corrected chi connectivity index (χ1v) is 14.6. The normalized spacial score (nSPS) is 18.3. The molecule has 0 spiro atoms. The van der Waals surface area contributed by atoms with Gasteiger partial charge in [0, 0.05) is 31.7 Å². The maximum absolute atomic E-state index is 14.1. The van der Waals surface area contributed by atoms with Crippen LogP contribution in [0.1, 0.15) is 16.7 Å². The molecule has 12 heteroatoms. The summed E-state index contributed by atoms with van der Waals surface area (Å²) in [5.74, 6) is -0.472. The standard InChI is InChI=1S/C33H36N6O6/c1-3-16-37-22-30(41)38-28(18-23-12-14-27(40)15-13-23)31(42)36(20-25-10-7-11-26(17-25)35-33(44)45-2)21-29(38)39(37)32(43)34-19-24-8-5-4-6-9-24/h3-15,17,28-29,40H,1,16,18-22H2,2H3,(H,34,43)(H,35,44)/t28-,29-/m0/s1. The first-order chi connectivity index (χ1) is 21.8. The maximum atomic E-state index is 14.1. The Kier molecular flexibility index (Phi) is 9.64. The molecule has 45 heavy (non-hydrogen) atoms. The summed E-state index contributed by atoms with van der Waals surface area (Å²) >= 11 is 0. The summed E-state index contributed by atoms with van der Waals surface area (Å²) in [6.45, 7) is 4.45. The molecule has 2 atom stereocenters. The molecule has 0 saturated carbocycles. The third-order valence-corrected chi connectivity index (χ3v) is 7.76. The number of benzene rings is 3. The number of amides is 5. The summed E-state index contributed by atoms with van der Waals surface area (Å²) in [6, 6.07) is 21.7. The number of phenolic OH excluding ortho intramolecular Hbond substituents is 1. The molecule has 2 aliphatic rings. The Balaban J connectivity index is 1.48. The lowest BCUT2D eigenvalue weighted by atomic mass is 9.98. The Labute approximate surface area is 261 Å². The summed E-state index contributed by atoms with van der Waals surface area (Å²) < 4.78 is 4.70. The van der Waals surface area contributed by atoms with Gasteiger partial charge in [0.1, 0.15) is 18.0 Å². The number of hydrogen-bond acceptors (Lipinski definition) is 7. The highest BCUT2D eigenvalue weighted by Crippen LogP contribution is 2.30. The van der Waals surface area contributed by atoms with Crippen LogP contribution in [-0.4, -0.2) is 87.8 Å².